The van der Waals surface area contributed by atoms with E-state index in [0.717, 1.165) is 0 Å². The van der Waals surface area contributed by atoms with Crippen LogP contribution < -0.4 is 0 Å². The fraction of sp³-hybridized carbons (Fsp3) is 0.0769. The molecular formula is C13H14O3S. The minimum atomic E-state index is -4.23. The lowest BCUT2D eigenvalue weighted by Crippen LogP contribution is -1.99. The van der Waals surface area contributed by atoms with Gasteiger partial charge in [0.05, 0.1) is 4.91 Å². The lowest BCUT2D eigenvalue weighted by atomic mass is 10.2. The summed E-state index contributed by atoms with van der Waals surface area (Å²) in [5, 5.41) is 0. The SMILES string of the molecule is C=C(C)C=CC(=Cc1ccccc1)S(=O)(=O)O. The largest absolute Gasteiger partial charge is 0.294 e. The molecule has 0 atom stereocenters. The molecule has 4 heteroatoms. The van der Waals surface area contributed by atoms with E-state index in [1.165, 1.54) is 18.2 Å². The highest BCUT2D eigenvalue weighted by molar-refractivity contribution is 7.90. The van der Waals surface area contributed by atoms with Crippen LogP contribution in [0.4, 0.5) is 0 Å². The zero-order chi connectivity index (χ0) is 12.9. The average molecular weight is 250 g/mol. The minimum Gasteiger partial charge on any atom is -0.282 e. The molecule has 0 fully saturated rings. The standard InChI is InChI=1S/C13H14O3S/c1-11(2)8-9-13(17(14,15)16)10-12-6-4-3-5-7-12/h3-10H,1H2,2H3,(H,14,15,16). The van der Waals surface area contributed by atoms with Crippen molar-refractivity contribution in [3.63, 3.8) is 0 Å². The molecule has 1 aromatic rings. The molecule has 1 aromatic carbocycles. The molecule has 0 saturated heterocycles. The lowest BCUT2D eigenvalue weighted by molar-refractivity contribution is 0.492. The van der Waals surface area contributed by atoms with E-state index < -0.39 is 10.1 Å². The molecule has 0 unspecified atom stereocenters. The minimum absolute atomic E-state index is 0.160. The second kappa shape index (κ2) is 5.61. The molecule has 0 bridgehead atoms. The van der Waals surface area contributed by atoms with Crippen LogP contribution in [0.1, 0.15) is 12.5 Å². The predicted molar refractivity (Wildman–Crippen MR) is 69.9 cm³/mol. The van der Waals surface area contributed by atoms with E-state index in [1.807, 2.05) is 6.07 Å². The Morgan fingerprint density at radius 1 is 1.24 bits per heavy atom. The second-order valence-corrected chi connectivity index (χ2v) is 5.03. The van der Waals surface area contributed by atoms with E-state index in [-0.39, 0.29) is 4.91 Å². The molecule has 1 rings (SSSR count). The van der Waals surface area contributed by atoms with Gasteiger partial charge >= 0.3 is 0 Å². The molecule has 90 valence electrons. The van der Waals surface area contributed by atoms with Crippen molar-refractivity contribution in [2.45, 2.75) is 6.92 Å². The Bertz CT molecular complexity index is 552. The molecule has 0 radical (unpaired) electrons. The summed E-state index contributed by atoms with van der Waals surface area (Å²) in [6.45, 7) is 5.36. The maximum atomic E-state index is 11.2. The van der Waals surface area contributed by atoms with Gasteiger partial charge in [0.2, 0.25) is 0 Å². The molecule has 17 heavy (non-hydrogen) atoms. The number of allylic oxidation sites excluding steroid dienone is 3. The third-order valence-electron chi connectivity index (χ3n) is 1.94. The Hall–Kier alpha value is -1.65. The van der Waals surface area contributed by atoms with Crippen molar-refractivity contribution in [1.82, 2.24) is 0 Å². The van der Waals surface area contributed by atoms with Crippen LogP contribution in [0.3, 0.4) is 0 Å². The quantitative estimate of drug-likeness (QED) is 0.660. The first-order chi connectivity index (χ1) is 7.89. The highest BCUT2D eigenvalue weighted by atomic mass is 32.2. The van der Waals surface area contributed by atoms with E-state index >= 15 is 0 Å². The summed E-state index contributed by atoms with van der Waals surface area (Å²) in [6, 6.07) is 8.90. The van der Waals surface area contributed by atoms with Crippen molar-refractivity contribution in [2.24, 2.45) is 0 Å². The van der Waals surface area contributed by atoms with Gasteiger partial charge in [0.15, 0.2) is 0 Å². The maximum absolute atomic E-state index is 11.2. The second-order valence-electron chi connectivity index (χ2n) is 3.61. The van der Waals surface area contributed by atoms with E-state index in [4.69, 9.17) is 4.55 Å². The summed E-state index contributed by atoms with van der Waals surface area (Å²) in [5.41, 5.74) is 1.40. The van der Waals surface area contributed by atoms with Crippen LogP contribution in [0.2, 0.25) is 0 Å². The number of benzene rings is 1. The van der Waals surface area contributed by atoms with Crippen LogP contribution in [0, 0.1) is 0 Å². The van der Waals surface area contributed by atoms with Crippen LogP contribution in [0.5, 0.6) is 0 Å². The number of rotatable bonds is 4. The van der Waals surface area contributed by atoms with Gasteiger partial charge in [-0.05, 0) is 24.6 Å². The molecule has 3 nitrogen and oxygen atoms in total. The first-order valence-electron chi connectivity index (χ1n) is 4.97. The summed E-state index contributed by atoms with van der Waals surface area (Å²) in [6.07, 6.45) is 4.25. The Morgan fingerprint density at radius 3 is 2.29 bits per heavy atom. The Kier molecular flexibility index (Phi) is 4.43. The van der Waals surface area contributed by atoms with Crippen molar-refractivity contribution >= 4 is 16.2 Å². The molecule has 0 aliphatic heterocycles. The van der Waals surface area contributed by atoms with Crippen molar-refractivity contribution in [3.05, 3.63) is 65.1 Å². The number of hydrogen-bond donors (Lipinski definition) is 1. The molecule has 0 aliphatic rings. The van der Waals surface area contributed by atoms with Crippen LogP contribution in [0.15, 0.2) is 59.5 Å². The molecule has 0 spiro atoms. The summed E-state index contributed by atoms with van der Waals surface area (Å²) in [5.74, 6) is 0. The van der Waals surface area contributed by atoms with Crippen molar-refractivity contribution in [1.29, 1.82) is 0 Å². The third-order valence-corrected chi connectivity index (χ3v) is 2.79. The Labute approximate surface area is 102 Å². The maximum Gasteiger partial charge on any atom is 0.294 e. The Balaban J connectivity index is 3.17. The molecule has 0 heterocycles. The van der Waals surface area contributed by atoms with Crippen molar-refractivity contribution < 1.29 is 13.0 Å². The topological polar surface area (TPSA) is 54.4 Å². The van der Waals surface area contributed by atoms with Crippen LogP contribution >= 0.6 is 0 Å². The molecule has 0 saturated carbocycles. The first-order valence-corrected chi connectivity index (χ1v) is 6.41. The highest BCUT2D eigenvalue weighted by Gasteiger charge is 2.10. The van der Waals surface area contributed by atoms with E-state index in [2.05, 4.69) is 6.58 Å². The summed E-state index contributed by atoms with van der Waals surface area (Å²) < 4.78 is 31.4. The van der Waals surface area contributed by atoms with Crippen LogP contribution in [-0.4, -0.2) is 13.0 Å². The predicted octanol–water partition coefficient (Wildman–Crippen LogP) is 3.05. The normalized spacial score (nSPS) is 12.9. The van der Waals surface area contributed by atoms with E-state index in [0.29, 0.717) is 11.1 Å². The van der Waals surface area contributed by atoms with Gasteiger partial charge in [-0.15, -0.1) is 0 Å². The van der Waals surface area contributed by atoms with Crippen LogP contribution in [-0.2, 0) is 10.1 Å². The molecular weight excluding hydrogens is 236 g/mol. The highest BCUT2D eigenvalue weighted by Crippen LogP contribution is 2.13. The summed E-state index contributed by atoms with van der Waals surface area (Å²) in [4.78, 5) is -0.160. The molecule has 1 N–H and O–H groups in total. The number of hydrogen-bond acceptors (Lipinski definition) is 2. The van der Waals surface area contributed by atoms with Gasteiger partial charge in [0, 0.05) is 0 Å². The smallest absolute Gasteiger partial charge is 0.282 e. The van der Waals surface area contributed by atoms with Gasteiger partial charge < -0.3 is 0 Å². The average Bonchev–Trinajstić information content (AvgIpc) is 2.23. The summed E-state index contributed by atoms with van der Waals surface area (Å²) >= 11 is 0. The van der Waals surface area contributed by atoms with Crippen molar-refractivity contribution in [3.8, 4) is 0 Å². The molecule has 0 amide bonds. The van der Waals surface area contributed by atoms with Gasteiger partial charge in [0.25, 0.3) is 10.1 Å². The zero-order valence-corrected chi connectivity index (χ0v) is 10.3. The van der Waals surface area contributed by atoms with Gasteiger partial charge in [-0.2, -0.15) is 8.42 Å². The van der Waals surface area contributed by atoms with Gasteiger partial charge in [-0.25, -0.2) is 0 Å². The molecule has 0 aromatic heterocycles. The fourth-order valence-corrected chi connectivity index (χ4v) is 1.67. The first kappa shape index (κ1) is 13.4. The third kappa shape index (κ3) is 4.80. The fourth-order valence-electron chi connectivity index (χ4n) is 1.15. The lowest BCUT2D eigenvalue weighted by Gasteiger charge is -1.99. The molecule has 0 aliphatic carbocycles. The van der Waals surface area contributed by atoms with Gasteiger partial charge in [-0.1, -0.05) is 48.6 Å². The van der Waals surface area contributed by atoms with E-state index in [9.17, 15) is 8.42 Å². The zero-order valence-electron chi connectivity index (χ0n) is 9.50. The van der Waals surface area contributed by atoms with Gasteiger partial charge in [-0.3, -0.25) is 4.55 Å². The van der Waals surface area contributed by atoms with Crippen LogP contribution in [0.25, 0.3) is 6.08 Å². The Morgan fingerprint density at radius 2 is 1.82 bits per heavy atom. The monoisotopic (exact) mass is 250 g/mol. The van der Waals surface area contributed by atoms with Gasteiger partial charge in [0.1, 0.15) is 0 Å². The van der Waals surface area contributed by atoms with Crippen molar-refractivity contribution in [2.75, 3.05) is 0 Å². The summed E-state index contributed by atoms with van der Waals surface area (Å²) in [7, 11) is -4.23. The van der Waals surface area contributed by atoms with E-state index in [1.54, 1.807) is 31.2 Å².